The standard InChI is InChI=1S/C11H9F2N5O2/c1-5-9(18(19)20)10(17-11(14)15-5)16-8-3-2-6(12)4-7(8)13/h2-4H,1H3,(H3,14,15,16,17). The Hall–Kier alpha value is -2.84. The molecule has 2 rings (SSSR count). The van der Waals surface area contributed by atoms with Gasteiger partial charge >= 0.3 is 5.69 Å². The lowest BCUT2D eigenvalue weighted by atomic mass is 10.2. The van der Waals surface area contributed by atoms with Crippen LogP contribution in [0.1, 0.15) is 5.69 Å². The molecule has 0 amide bonds. The average molecular weight is 281 g/mol. The highest BCUT2D eigenvalue weighted by Crippen LogP contribution is 2.29. The number of halogens is 2. The van der Waals surface area contributed by atoms with Gasteiger partial charge in [0.25, 0.3) is 0 Å². The molecule has 0 unspecified atom stereocenters. The second-order valence-electron chi connectivity index (χ2n) is 3.87. The van der Waals surface area contributed by atoms with Gasteiger partial charge in [-0.05, 0) is 19.1 Å². The van der Waals surface area contributed by atoms with Crippen molar-refractivity contribution in [2.75, 3.05) is 11.1 Å². The summed E-state index contributed by atoms with van der Waals surface area (Å²) in [6.07, 6.45) is 0. The minimum Gasteiger partial charge on any atom is -0.368 e. The molecule has 2 aromatic rings. The molecule has 0 spiro atoms. The van der Waals surface area contributed by atoms with Crippen LogP contribution in [0.3, 0.4) is 0 Å². The van der Waals surface area contributed by atoms with E-state index < -0.39 is 22.2 Å². The Morgan fingerprint density at radius 3 is 2.65 bits per heavy atom. The van der Waals surface area contributed by atoms with Crippen molar-refractivity contribution in [1.82, 2.24) is 9.97 Å². The smallest absolute Gasteiger partial charge is 0.332 e. The van der Waals surface area contributed by atoms with Crippen molar-refractivity contribution in [3.8, 4) is 0 Å². The van der Waals surface area contributed by atoms with Crippen molar-refractivity contribution in [2.24, 2.45) is 0 Å². The number of nitro groups is 1. The van der Waals surface area contributed by atoms with Gasteiger partial charge in [0.1, 0.15) is 17.3 Å². The fraction of sp³-hybridized carbons (Fsp3) is 0.0909. The first-order chi connectivity index (χ1) is 9.38. The van der Waals surface area contributed by atoms with Crippen molar-refractivity contribution < 1.29 is 13.7 Å². The molecule has 0 aliphatic carbocycles. The van der Waals surface area contributed by atoms with Gasteiger partial charge in [0, 0.05) is 6.07 Å². The molecular weight excluding hydrogens is 272 g/mol. The predicted molar refractivity (Wildman–Crippen MR) is 67.5 cm³/mol. The molecule has 0 bridgehead atoms. The number of benzene rings is 1. The quantitative estimate of drug-likeness (QED) is 0.660. The first-order valence-electron chi connectivity index (χ1n) is 5.39. The number of anilines is 3. The van der Waals surface area contributed by atoms with Crippen LogP contribution in [-0.2, 0) is 0 Å². The van der Waals surface area contributed by atoms with Crippen LogP contribution >= 0.6 is 0 Å². The van der Waals surface area contributed by atoms with Crippen LogP contribution < -0.4 is 11.1 Å². The van der Waals surface area contributed by atoms with Gasteiger partial charge in [0.05, 0.1) is 10.6 Å². The van der Waals surface area contributed by atoms with E-state index in [1.807, 2.05) is 0 Å². The highest BCUT2D eigenvalue weighted by molar-refractivity contribution is 5.68. The van der Waals surface area contributed by atoms with E-state index in [9.17, 15) is 18.9 Å². The zero-order valence-electron chi connectivity index (χ0n) is 10.2. The van der Waals surface area contributed by atoms with E-state index in [4.69, 9.17) is 5.73 Å². The molecule has 0 aliphatic rings. The fourth-order valence-corrected chi connectivity index (χ4v) is 1.61. The molecule has 0 atom stereocenters. The predicted octanol–water partition coefficient (Wildman–Crippen LogP) is 2.30. The Bertz CT molecular complexity index is 693. The summed E-state index contributed by atoms with van der Waals surface area (Å²) < 4.78 is 26.3. The summed E-state index contributed by atoms with van der Waals surface area (Å²) in [7, 11) is 0. The van der Waals surface area contributed by atoms with E-state index in [2.05, 4.69) is 15.3 Å². The molecule has 1 aromatic heterocycles. The minimum absolute atomic E-state index is 0.0347. The Balaban J connectivity index is 2.50. The van der Waals surface area contributed by atoms with Crippen LogP contribution in [0.25, 0.3) is 0 Å². The van der Waals surface area contributed by atoms with Crippen LogP contribution in [0.15, 0.2) is 18.2 Å². The third-order valence-corrected chi connectivity index (χ3v) is 2.44. The van der Waals surface area contributed by atoms with Gasteiger partial charge in [-0.25, -0.2) is 13.8 Å². The number of aromatic nitrogens is 2. The second kappa shape index (κ2) is 5.03. The Labute approximate surface area is 111 Å². The molecule has 7 nitrogen and oxygen atoms in total. The lowest BCUT2D eigenvalue weighted by molar-refractivity contribution is -0.385. The van der Waals surface area contributed by atoms with E-state index in [0.29, 0.717) is 6.07 Å². The minimum atomic E-state index is -0.908. The summed E-state index contributed by atoms with van der Waals surface area (Å²) in [4.78, 5) is 17.6. The van der Waals surface area contributed by atoms with Crippen LogP contribution in [0.4, 0.5) is 31.9 Å². The van der Waals surface area contributed by atoms with Crippen molar-refractivity contribution in [2.45, 2.75) is 6.92 Å². The highest BCUT2D eigenvalue weighted by atomic mass is 19.1. The number of rotatable bonds is 3. The summed E-state index contributed by atoms with van der Waals surface area (Å²) in [5.41, 5.74) is 4.85. The molecule has 9 heteroatoms. The number of nitrogen functional groups attached to an aromatic ring is 1. The van der Waals surface area contributed by atoms with Crippen molar-refractivity contribution in [1.29, 1.82) is 0 Å². The van der Waals surface area contributed by atoms with Gasteiger partial charge in [0.2, 0.25) is 11.8 Å². The Kier molecular flexibility index (Phi) is 3.42. The van der Waals surface area contributed by atoms with Crippen molar-refractivity contribution in [3.63, 3.8) is 0 Å². The van der Waals surface area contributed by atoms with E-state index in [0.717, 1.165) is 12.1 Å². The molecule has 0 aliphatic heterocycles. The summed E-state index contributed by atoms with van der Waals surface area (Å²) >= 11 is 0. The molecule has 3 N–H and O–H groups in total. The molecule has 0 saturated heterocycles. The average Bonchev–Trinajstić information content (AvgIpc) is 2.31. The Morgan fingerprint density at radius 2 is 2.05 bits per heavy atom. The van der Waals surface area contributed by atoms with E-state index >= 15 is 0 Å². The fourth-order valence-electron chi connectivity index (χ4n) is 1.61. The van der Waals surface area contributed by atoms with E-state index in [-0.39, 0.29) is 23.1 Å². The number of hydrogen-bond donors (Lipinski definition) is 2. The largest absolute Gasteiger partial charge is 0.368 e. The molecule has 1 aromatic carbocycles. The third-order valence-electron chi connectivity index (χ3n) is 2.44. The monoisotopic (exact) mass is 281 g/mol. The molecule has 20 heavy (non-hydrogen) atoms. The van der Waals surface area contributed by atoms with Gasteiger partial charge in [-0.2, -0.15) is 4.98 Å². The Morgan fingerprint density at radius 1 is 1.35 bits per heavy atom. The molecule has 0 radical (unpaired) electrons. The second-order valence-corrected chi connectivity index (χ2v) is 3.87. The maximum Gasteiger partial charge on any atom is 0.332 e. The summed E-state index contributed by atoms with van der Waals surface area (Å²) in [6, 6.07) is 2.75. The maximum atomic E-state index is 13.5. The summed E-state index contributed by atoms with van der Waals surface area (Å²) in [5.74, 6) is -2.13. The van der Waals surface area contributed by atoms with Gasteiger partial charge < -0.3 is 11.1 Å². The summed E-state index contributed by atoms with van der Waals surface area (Å²) in [6.45, 7) is 1.38. The number of nitrogens with zero attached hydrogens (tertiary/aromatic N) is 3. The molecule has 104 valence electrons. The highest BCUT2D eigenvalue weighted by Gasteiger charge is 2.22. The zero-order chi connectivity index (χ0) is 14.9. The zero-order valence-corrected chi connectivity index (χ0v) is 10.2. The molecule has 1 heterocycles. The lowest BCUT2D eigenvalue weighted by Gasteiger charge is -2.09. The van der Waals surface area contributed by atoms with Gasteiger partial charge in [-0.3, -0.25) is 10.1 Å². The molecule has 0 fully saturated rings. The van der Waals surface area contributed by atoms with Crippen LogP contribution in [0, 0.1) is 28.7 Å². The van der Waals surface area contributed by atoms with Gasteiger partial charge in [0.15, 0.2) is 0 Å². The lowest BCUT2D eigenvalue weighted by Crippen LogP contribution is -2.07. The molecular formula is C11H9F2N5O2. The third kappa shape index (κ3) is 2.60. The first-order valence-corrected chi connectivity index (χ1v) is 5.39. The number of nitrogens with two attached hydrogens (primary N) is 1. The number of nitrogens with one attached hydrogen (secondary N) is 1. The molecule has 0 saturated carbocycles. The summed E-state index contributed by atoms with van der Waals surface area (Å²) in [5, 5.41) is 13.4. The van der Waals surface area contributed by atoms with Crippen LogP contribution in [0.5, 0.6) is 0 Å². The normalized spacial score (nSPS) is 10.3. The van der Waals surface area contributed by atoms with Crippen molar-refractivity contribution in [3.05, 3.63) is 45.6 Å². The van der Waals surface area contributed by atoms with Crippen LogP contribution in [0.2, 0.25) is 0 Å². The van der Waals surface area contributed by atoms with E-state index in [1.54, 1.807) is 0 Å². The number of hydrogen-bond acceptors (Lipinski definition) is 6. The van der Waals surface area contributed by atoms with E-state index in [1.165, 1.54) is 6.92 Å². The van der Waals surface area contributed by atoms with Gasteiger partial charge in [-0.15, -0.1) is 0 Å². The topological polar surface area (TPSA) is 107 Å². The SMILES string of the molecule is Cc1nc(N)nc(Nc2ccc(F)cc2F)c1[N+](=O)[O-]. The maximum absolute atomic E-state index is 13.5. The van der Waals surface area contributed by atoms with Gasteiger partial charge in [-0.1, -0.05) is 0 Å². The number of aryl methyl sites for hydroxylation is 1. The first kappa shape index (κ1) is 13.6. The van der Waals surface area contributed by atoms with Crippen molar-refractivity contribution >= 4 is 23.1 Å². The van der Waals surface area contributed by atoms with Crippen LogP contribution in [-0.4, -0.2) is 14.9 Å².